The first kappa shape index (κ1) is 14.2. The highest BCUT2D eigenvalue weighted by molar-refractivity contribution is 5.59. The molecular formula is C18H23N3. The fraction of sp³-hybridized carbons (Fsp3) is 0.389. The third-order valence-corrected chi connectivity index (χ3v) is 4.17. The molecule has 1 aromatic heterocycles. The molecule has 1 fully saturated rings. The summed E-state index contributed by atoms with van der Waals surface area (Å²) in [5.74, 6) is 0. The van der Waals surface area contributed by atoms with E-state index in [1.165, 1.54) is 11.1 Å². The van der Waals surface area contributed by atoms with Crippen molar-refractivity contribution in [3.05, 3.63) is 54.2 Å². The average Bonchev–Trinajstić information content (AvgIpc) is 2.52. The minimum atomic E-state index is 0.570. The lowest BCUT2D eigenvalue weighted by atomic mass is 10.1. The Labute approximate surface area is 127 Å². The van der Waals surface area contributed by atoms with E-state index in [1.807, 2.05) is 18.3 Å². The first-order valence-corrected chi connectivity index (χ1v) is 7.70. The number of pyridine rings is 1. The van der Waals surface area contributed by atoms with Crippen molar-refractivity contribution in [2.45, 2.75) is 32.5 Å². The molecule has 3 nitrogen and oxygen atoms in total. The molecule has 110 valence electrons. The number of hydrogen-bond acceptors (Lipinski definition) is 3. The van der Waals surface area contributed by atoms with Gasteiger partial charge in [0.15, 0.2) is 0 Å². The van der Waals surface area contributed by atoms with Crippen molar-refractivity contribution in [1.82, 2.24) is 15.2 Å². The zero-order chi connectivity index (χ0) is 14.7. The van der Waals surface area contributed by atoms with Crippen molar-refractivity contribution in [2.75, 3.05) is 13.1 Å². The predicted molar refractivity (Wildman–Crippen MR) is 87.0 cm³/mol. The van der Waals surface area contributed by atoms with Crippen LogP contribution in [0.15, 0.2) is 48.7 Å². The summed E-state index contributed by atoms with van der Waals surface area (Å²) in [7, 11) is 0. The van der Waals surface area contributed by atoms with E-state index in [0.717, 1.165) is 25.3 Å². The summed E-state index contributed by atoms with van der Waals surface area (Å²) in [6.07, 6.45) is 1.85. The van der Waals surface area contributed by atoms with Gasteiger partial charge in [0.05, 0.1) is 5.69 Å². The van der Waals surface area contributed by atoms with Crippen LogP contribution in [0.4, 0.5) is 0 Å². The molecule has 1 saturated heterocycles. The van der Waals surface area contributed by atoms with E-state index >= 15 is 0 Å². The van der Waals surface area contributed by atoms with Gasteiger partial charge in [0.1, 0.15) is 0 Å². The fourth-order valence-corrected chi connectivity index (χ4v) is 2.91. The maximum atomic E-state index is 4.44. The molecule has 0 bridgehead atoms. The van der Waals surface area contributed by atoms with Crippen LogP contribution in [0.1, 0.15) is 19.4 Å². The van der Waals surface area contributed by atoms with E-state index in [4.69, 9.17) is 0 Å². The molecule has 0 aliphatic carbocycles. The normalized spacial score (nSPS) is 23.1. The van der Waals surface area contributed by atoms with Gasteiger partial charge in [-0.2, -0.15) is 0 Å². The molecule has 21 heavy (non-hydrogen) atoms. The summed E-state index contributed by atoms with van der Waals surface area (Å²) < 4.78 is 0. The standard InChI is InChI=1S/C18H23N3/c1-14-12-21(15(2)11-20-14)13-16-6-5-7-17(10-16)18-8-3-4-9-19-18/h3-10,14-15,20H,11-13H2,1-2H3. The molecule has 1 aliphatic rings. The van der Waals surface area contributed by atoms with E-state index in [1.54, 1.807) is 0 Å². The number of nitrogens with one attached hydrogen (secondary N) is 1. The topological polar surface area (TPSA) is 28.2 Å². The van der Waals surface area contributed by atoms with Crippen LogP contribution in [0.3, 0.4) is 0 Å². The second-order valence-corrected chi connectivity index (χ2v) is 6.00. The summed E-state index contributed by atoms with van der Waals surface area (Å²) in [5.41, 5.74) is 3.60. The molecule has 1 N–H and O–H groups in total. The van der Waals surface area contributed by atoms with E-state index in [-0.39, 0.29) is 0 Å². The molecular weight excluding hydrogens is 258 g/mol. The summed E-state index contributed by atoms with van der Waals surface area (Å²) >= 11 is 0. The smallest absolute Gasteiger partial charge is 0.0702 e. The van der Waals surface area contributed by atoms with E-state index in [9.17, 15) is 0 Å². The number of nitrogens with zero attached hydrogens (tertiary/aromatic N) is 2. The van der Waals surface area contributed by atoms with E-state index in [0.29, 0.717) is 12.1 Å². The van der Waals surface area contributed by atoms with Crippen LogP contribution in [-0.4, -0.2) is 35.1 Å². The van der Waals surface area contributed by atoms with Gasteiger partial charge in [-0.05, 0) is 37.6 Å². The van der Waals surface area contributed by atoms with Gasteiger partial charge in [-0.25, -0.2) is 0 Å². The van der Waals surface area contributed by atoms with Gasteiger partial charge >= 0.3 is 0 Å². The van der Waals surface area contributed by atoms with Crippen LogP contribution >= 0.6 is 0 Å². The molecule has 0 spiro atoms. The Morgan fingerprint density at radius 2 is 2.10 bits per heavy atom. The monoisotopic (exact) mass is 281 g/mol. The SMILES string of the molecule is CC1CN(Cc2cccc(-c3ccccn3)c2)C(C)CN1. The lowest BCUT2D eigenvalue weighted by Gasteiger charge is -2.37. The van der Waals surface area contributed by atoms with Crippen LogP contribution in [0.5, 0.6) is 0 Å². The predicted octanol–water partition coefficient (Wildman–Crippen LogP) is 2.93. The number of hydrogen-bond donors (Lipinski definition) is 1. The van der Waals surface area contributed by atoms with Crippen molar-refractivity contribution in [3.8, 4) is 11.3 Å². The zero-order valence-electron chi connectivity index (χ0n) is 12.8. The van der Waals surface area contributed by atoms with Crippen molar-refractivity contribution < 1.29 is 0 Å². The third-order valence-electron chi connectivity index (χ3n) is 4.17. The van der Waals surface area contributed by atoms with Gasteiger partial charge < -0.3 is 5.32 Å². The first-order chi connectivity index (χ1) is 10.2. The van der Waals surface area contributed by atoms with Crippen LogP contribution < -0.4 is 5.32 Å². The Morgan fingerprint density at radius 3 is 2.90 bits per heavy atom. The summed E-state index contributed by atoms with van der Waals surface area (Å²) in [4.78, 5) is 6.99. The Kier molecular flexibility index (Phi) is 4.32. The zero-order valence-corrected chi connectivity index (χ0v) is 12.8. The summed E-state index contributed by atoms with van der Waals surface area (Å²) in [6.45, 7) is 7.73. The molecule has 3 heteroatoms. The van der Waals surface area contributed by atoms with Gasteiger partial charge in [-0.3, -0.25) is 9.88 Å². The highest BCUT2D eigenvalue weighted by Gasteiger charge is 2.22. The Balaban J connectivity index is 1.77. The molecule has 2 atom stereocenters. The number of benzene rings is 1. The highest BCUT2D eigenvalue weighted by Crippen LogP contribution is 2.20. The quantitative estimate of drug-likeness (QED) is 0.937. The lowest BCUT2D eigenvalue weighted by Crippen LogP contribution is -2.53. The Hall–Kier alpha value is -1.71. The summed E-state index contributed by atoms with van der Waals surface area (Å²) in [5, 5.41) is 3.53. The Morgan fingerprint density at radius 1 is 1.19 bits per heavy atom. The molecule has 3 rings (SSSR count). The molecule has 2 aromatic rings. The fourth-order valence-electron chi connectivity index (χ4n) is 2.91. The number of aromatic nitrogens is 1. The minimum Gasteiger partial charge on any atom is -0.311 e. The maximum absolute atomic E-state index is 4.44. The van der Waals surface area contributed by atoms with E-state index < -0.39 is 0 Å². The van der Waals surface area contributed by atoms with Crippen LogP contribution in [0.25, 0.3) is 11.3 Å². The molecule has 0 saturated carbocycles. The second kappa shape index (κ2) is 6.37. The van der Waals surface area contributed by atoms with Crippen LogP contribution in [-0.2, 0) is 6.54 Å². The number of piperazine rings is 1. The van der Waals surface area contributed by atoms with E-state index in [2.05, 4.69) is 59.4 Å². The minimum absolute atomic E-state index is 0.570. The summed E-state index contributed by atoms with van der Waals surface area (Å²) in [6, 6.07) is 16.0. The van der Waals surface area contributed by atoms with Crippen molar-refractivity contribution >= 4 is 0 Å². The molecule has 2 unspecified atom stereocenters. The molecule has 2 heterocycles. The van der Waals surface area contributed by atoms with Crippen molar-refractivity contribution in [3.63, 3.8) is 0 Å². The van der Waals surface area contributed by atoms with Gasteiger partial charge in [-0.15, -0.1) is 0 Å². The average molecular weight is 281 g/mol. The van der Waals surface area contributed by atoms with Gasteiger partial charge in [0.25, 0.3) is 0 Å². The third kappa shape index (κ3) is 3.49. The second-order valence-electron chi connectivity index (χ2n) is 6.00. The largest absolute Gasteiger partial charge is 0.311 e. The van der Waals surface area contributed by atoms with Gasteiger partial charge in [0.2, 0.25) is 0 Å². The number of rotatable bonds is 3. The molecule has 1 aliphatic heterocycles. The van der Waals surface area contributed by atoms with Crippen LogP contribution in [0.2, 0.25) is 0 Å². The first-order valence-electron chi connectivity index (χ1n) is 7.70. The van der Waals surface area contributed by atoms with Gasteiger partial charge in [-0.1, -0.05) is 24.3 Å². The van der Waals surface area contributed by atoms with Gasteiger partial charge in [0, 0.05) is 43.5 Å². The molecule has 0 amide bonds. The molecule has 1 aromatic carbocycles. The highest BCUT2D eigenvalue weighted by atomic mass is 15.2. The van der Waals surface area contributed by atoms with Crippen LogP contribution in [0, 0.1) is 0 Å². The lowest BCUT2D eigenvalue weighted by molar-refractivity contribution is 0.139. The van der Waals surface area contributed by atoms with Crippen molar-refractivity contribution in [2.24, 2.45) is 0 Å². The maximum Gasteiger partial charge on any atom is 0.0702 e. The Bertz CT molecular complexity index is 582. The van der Waals surface area contributed by atoms with Crippen molar-refractivity contribution in [1.29, 1.82) is 0 Å². The molecule has 0 radical (unpaired) electrons.